The maximum absolute atomic E-state index is 11.2. The van der Waals surface area contributed by atoms with Crippen molar-refractivity contribution in [2.45, 2.75) is 39.5 Å². The van der Waals surface area contributed by atoms with Gasteiger partial charge in [-0.25, -0.2) is 0 Å². The van der Waals surface area contributed by atoms with Crippen LogP contribution in [0.3, 0.4) is 0 Å². The number of carbonyl (C=O) groups is 2. The van der Waals surface area contributed by atoms with Crippen molar-refractivity contribution in [3.05, 3.63) is 0 Å². The molecule has 0 aliphatic rings. The molecule has 0 bridgehead atoms. The first-order valence-corrected chi connectivity index (χ1v) is 5.33. The molecule has 2 atom stereocenters. The number of carboxylic acids is 2. The van der Waals surface area contributed by atoms with E-state index >= 15 is 0 Å². The summed E-state index contributed by atoms with van der Waals surface area (Å²) in [6, 6.07) is 1.70. The van der Waals surface area contributed by atoms with Gasteiger partial charge in [0.2, 0.25) is 0 Å². The third-order valence-electron chi connectivity index (χ3n) is 2.81. The third-order valence-corrected chi connectivity index (χ3v) is 2.81. The Balaban J connectivity index is 5.26. The summed E-state index contributed by atoms with van der Waals surface area (Å²) in [4.78, 5) is 22.2. The molecule has 5 nitrogen and oxygen atoms in total. The van der Waals surface area contributed by atoms with Crippen LogP contribution >= 0.6 is 0 Å². The molecular weight excluding hydrogens is 210 g/mol. The molecule has 90 valence electrons. The van der Waals surface area contributed by atoms with Crippen LogP contribution in [-0.4, -0.2) is 22.2 Å². The quantitative estimate of drug-likeness (QED) is 0.691. The van der Waals surface area contributed by atoms with E-state index in [4.69, 9.17) is 15.5 Å². The van der Waals surface area contributed by atoms with E-state index in [1.165, 1.54) is 0 Å². The first-order valence-electron chi connectivity index (χ1n) is 5.33. The van der Waals surface area contributed by atoms with Crippen molar-refractivity contribution in [1.29, 1.82) is 5.26 Å². The number of nitriles is 1. The zero-order chi connectivity index (χ0) is 12.8. The Morgan fingerprint density at radius 2 is 1.94 bits per heavy atom. The zero-order valence-corrected chi connectivity index (χ0v) is 9.56. The van der Waals surface area contributed by atoms with Crippen molar-refractivity contribution in [1.82, 2.24) is 0 Å². The first kappa shape index (κ1) is 14.4. The predicted octanol–water partition coefficient (Wildman–Crippen LogP) is 1.88. The second kappa shape index (κ2) is 6.11. The normalized spacial score (nSPS) is 15.8. The summed E-state index contributed by atoms with van der Waals surface area (Å²) in [5, 5.41) is 27.1. The highest BCUT2D eigenvalue weighted by Gasteiger charge is 2.48. The number of nitrogens with zero attached hydrogens (tertiary/aromatic N) is 1. The van der Waals surface area contributed by atoms with Gasteiger partial charge in [0.25, 0.3) is 0 Å². The van der Waals surface area contributed by atoms with E-state index in [-0.39, 0.29) is 12.8 Å². The standard InChI is InChI=1S/C11H17NO4/c1-3-5-6-11(7-12,10(15)16)8(4-2)9(13)14/h8H,3-6H2,1-2H3,(H,13,14)(H,15,16). The van der Waals surface area contributed by atoms with E-state index in [1.54, 1.807) is 13.0 Å². The number of carboxylic acid groups (broad SMARTS) is 2. The fourth-order valence-electron chi connectivity index (χ4n) is 1.80. The fraction of sp³-hybridized carbons (Fsp3) is 0.727. The second-order valence-electron chi connectivity index (χ2n) is 3.79. The minimum absolute atomic E-state index is 0.0835. The van der Waals surface area contributed by atoms with Gasteiger partial charge in [-0.05, 0) is 12.8 Å². The van der Waals surface area contributed by atoms with Crippen LogP contribution in [0, 0.1) is 22.7 Å². The van der Waals surface area contributed by atoms with E-state index in [0.717, 1.165) is 6.42 Å². The van der Waals surface area contributed by atoms with Crippen LogP contribution in [0.4, 0.5) is 0 Å². The molecule has 5 heteroatoms. The average Bonchev–Trinajstić information content (AvgIpc) is 2.23. The molecule has 0 rings (SSSR count). The maximum Gasteiger partial charge on any atom is 0.324 e. The number of hydrogen-bond acceptors (Lipinski definition) is 3. The van der Waals surface area contributed by atoms with Gasteiger partial charge in [-0.15, -0.1) is 0 Å². The molecule has 0 aromatic carbocycles. The maximum atomic E-state index is 11.2. The molecule has 16 heavy (non-hydrogen) atoms. The first-order chi connectivity index (χ1) is 7.46. The number of rotatable bonds is 7. The van der Waals surface area contributed by atoms with Crippen LogP contribution in [0.25, 0.3) is 0 Å². The minimum Gasteiger partial charge on any atom is -0.481 e. The van der Waals surface area contributed by atoms with Crippen molar-refractivity contribution in [2.75, 3.05) is 0 Å². The lowest BCUT2D eigenvalue weighted by Crippen LogP contribution is -2.41. The van der Waals surface area contributed by atoms with Gasteiger partial charge in [0.05, 0.1) is 12.0 Å². The molecule has 0 radical (unpaired) electrons. The van der Waals surface area contributed by atoms with E-state index in [2.05, 4.69) is 0 Å². The van der Waals surface area contributed by atoms with Crippen molar-refractivity contribution < 1.29 is 19.8 Å². The Bertz CT molecular complexity index is 308. The Kier molecular flexibility index (Phi) is 5.51. The van der Waals surface area contributed by atoms with E-state index in [1.807, 2.05) is 6.92 Å². The molecule has 0 fully saturated rings. The lowest BCUT2D eigenvalue weighted by Gasteiger charge is -2.27. The van der Waals surface area contributed by atoms with E-state index in [9.17, 15) is 9.59 Å². The zero-order valence-electron chi connectivity index (χ0n) is 9.56. The van der Waals surface area contributed by atoms with Crippen molar-refractivity contribution in [3.8, 4) is 6.07 Å². The molecule has 0 aromatic heterocycles. The van der Waals surface area contributed by atoms with E-state index in [0.29, 0.717) is 6.42 Å². The Morgan fingerprint density at radius 1 is 1.38 bits per heavy atom. The smallest absolute Gasteiger partial charge is 0.324 e. The fourth-order valence-corrected chi connectivity index (χ4v) is 1.80. The number of hydrogen-bond donors (Lipinski definition) is 2. The van der Waals surface area contributed by atoms with Crippen molar-refractivity contribution in [2.24, 2.45) is 11.3 Å². The summed E-state index contributed by atoms with van der Waals surface area (Å²) in [6.07, 6.45) is 1.48. The van der Waals surface area contributed by atoms with Gasteiger partial charge >= 0.3 is 11.9 Å². The highest BCUT2D eigenvalue weighted by atomic mass is 16.4. The summed E-state index contributed by atoms with van der Waals surface area (Å²) >= 11 is 0. The average molecular weight is 227 g/mol. The molecule has 0 amide bonds. The highest BCUT2D eigenvalue weighted by Crippen LogP contribution is 2.35. The van der Waals surface area contributed by atoms with Crippen molar-refractivity contribution in [3.63, 3.8) is 0 Å². The van der Waals surface area contributed by atoms with Gasteiger partial charge in [0, 0.05) is 0 Å². The molecule has 2 N–H and O–H groups in total. The second-order valence-corrected chi connectivity index (χ2v) is 3.79. The number of aliphatic carboxylic acids is 2. The highest BCUT2D eigenvalue weighted by molar-refractivity contribution is 5.86. The topological polar surface area (TPSA) is 98.4 Å². The van der Waals surface area contributed by atoms with E-state index < -0.39 is 23.3 Å². The summed E-state index contributed by atoms with van der Waals surface area (Å²) in [5.74, 6) is -3.71. The molecular formula is C11H17NO4. The minimum atomic E-state index is -1.80. The summed E-state index contributed by atoms with van der Waals surface area (Å²) < 4.78 is 0. The van der Waals surface area contributed by atoms with Gasteiger partial charge in [0.1, 0.15) is 0 Å². The van der Waals surface area contributed by atoms with Crippen LogP contribution < -0.4 is 0 Å². The summed E-state index contributed by atoms with van der Waals surface area (Å²) in [7, 11) is 0. The third kappa shape index (κ3) is 2.72. The Labute approximate surface area is 94.7 Å². The van der Waals surface area contributed by atoms with Crippen LogP contribution in [0.2, 0.25) is 0 Å². The SMILES string of the molecule is CCCCC(C#N)(C(=O)O)C(CC)C(=O)O. The van der Waals surface area contributed by atoms with Gasteiger partial charge in [0.15, 0.2) is 5.41 Å². The molecule has 0 aliphatic heterocycles. The molecule has 0 saturated carbocycles. The molecule has 0 aromatic rings. The van der Waals surface area contributed by atoms with Gasteiger partial charge in [-0.3, -0.25) is 9.59 Å². The van der Waals surface area contributed by atoms with Crippen LogP contribution in [-0.2, 0) is 9.59 Å². The molecule has 2 unspecified atom stereocenters. The van der Waals surface area contributed by atoms with Crippen LogP contribution in [0.5, 0.6) is 0 Å². The molecule has 0 heterocycles. The largest absolute Gasteiger partial charge is 0.481 e. The monoisotopic (exact) mass is 227 g/mol. The van der Waals surface area contributed by atoms with Gasteiger partial charge in [-0.1, -0.05) is 26.7 Å². The lowest BCUT2D eigenvalue weighted by atomic mass is 9.71. The predicted molar refractivity (Wildman–Crippen MR) is 56.6 cm³/mol. The van der Waals surface area contributed by atoms with Crippen LogP contribution in [0.1, 0.15) is 39.5 Å². The lowest BCUT2D eigenvalue weighted by molar-refractivity contribution is -0.159. The molecule has 0 saturated heterocycles. The van der Waals surface area contributed by atoms with Gasteiger partial charge < -0.3 is 10.2 Å². The Morgan fingerprint density at radius 3 is 2.19 bits per heavy atom. The molecule has 0 spiro atoms. The molecule has 0 aliphatic carbocycles. The van der Waals surface area contributed by atoms with Gasteiger partial charge in [-0.2, -0.15) is 5.26 Å². The van der Waals surface area contributed by atoms with Crippen molar-refractivity contribution >= 4 is 11.9 Å². The number of unbranched alkanes of at least 4 members (excludes halogenated alkanes) is 1. The Hall–Kier alpha value is -1.57. The van der Waals surface area contributed by atoms with Crippen LogP contribution in [0.15, 0.2) is 0 Å². The summed E-state index contributed by atoms with van der Waals surface area (Å²) in [5.41, 5.74) is -1.80. The summed E-state index contributed by atoms with van der Waals surface area (Å²) in [6.45, 7) is 3.45.